The first kappa shape index (κ1) is 21.7. The zero-order valence-electron chi connectivity index (χ0n) is 18.6. The van der Waals surface area contributed by atoms with Crippen molar-refractivity contribution in [3.63, 3.8) is 0 Å². The molecule has 8 heteroatoms. The number of fused-ring (bicyclic) bond motifs is 1. The molecule has 5 rings (SSSR count). The summed E-state index contributed by atoms with van der Waals surface area (Å²) >= 11 is 1.68. The van der Waals surface area contributed by atoms with E-state index in [1.54, 1.807) is 18.9 Å². The molecule has 2 aromatic carbocycles. The highest BCUT2D eigenvalue weighted by Gasteiger charge is 2.21. The Morgan fingerprint density at radius 3 is 2.79 bits per heavy atom. The summed E-state index contributed by atoms with van der Waals surface area (Å²) in [6.07, 6.45) is 5.02. The van der Waals surface area contributed by atoms with Crippen LogP contribution in [-0.4, -0.2) is 33.2 Å². The zero-order chi connectivity index (χ0) is 22.5. The summed E-state index contributed by atoms with van der Waals surface area (Å²) < 4.78 is 13.4. The van der Waals surface area contributed by atoms with Crippen LogP contribution in [0.3, 0.4) is 0 Å². The molecule has 1 saturated heterocycles. The Hall–Kier alpha value is -3.10. The predicted octanol–water partition coefficient (Wildman–Crippen LogP) is 5.44. The van der Waals surface area contributed by atoms with Gasteiger partial charge in [0, 0.05) is 18.9 Å². The lowest BCUT2D eigenvalue weighted by atomic mass is 10.2. The van der Waals surface area contributed by atoms with E-state index >= 15 is 0 Å². The lowest BCUT2D eigenvalue weighted by molar-refractivity contribution is -0.0298. The second-order valence-corrected chi connectivity index (χ2v) is 8.94. The van der Waals surface area contributed by atoms with Crippen molar-refractivity contribution in [2.45, 2.75) is 42.8 Å². The summed E-state index contributed by atoms with van der Waals surface area (Å²) in [6, 6.07) is 18.4. The van der Waals surface area contributed by atoms with E-state index in [0.29, 0.717) is 12.5 Å². The molecule has 1 unspecified atom stereocenters. The third-order valence-electron chi connectivity index (χ3n) is 5.66. The zero-order valence-corrected chi connectivity index (χ0v) is 19.4. The van der Waals surface area contributed by atoms with E-state index in [1.165, 1.54) is 5.56 Å². The summed E-state index contributed by atoms with van der Waals surface area (Å²) in [4.78, 5) is 14.3. The molecule has 1 atom stereocenters. The van der Waals surface area contributed by atoms with Gasteiger partial charge in [-0.15, -0.1) is 0 Å². The number of ether oxygens (including phenoxy) is 2. The Kier molecular flexibility index (Phi) is 6.73. The van der Waals surface area contributed by atoms with Crippen molar-refractivity contribution in [3.8, 4) is 5.75 Å². The highest BCUT2D eigenvalue weighted by molar-refractivity contribution is 7.98. The van der Waals surface area contributed by atoms with Crippen molar-refractivity contribution in [3.05, 3.63) is 72.1 Å². The van der Waals surface area contributed by atoms with Crippen molar-refractivity contribution >= 4 is 28.9 Å². The minimum Gasteiger partial charge on any atom is -0.497 e. The van der Waals surface area contributed by atoms with E-state index in [-0.39, 0.29) is 6.23 Å². The van der Waals surface area contributed by atoms with Crippen LogP contribution in [0.15, 0.2) is 66.0 Å². The molecule has 1 aliphatic rings. The Bertz CT molecular complexity index is 1210. The average molecular weight is 462 g/mol. The van der Waals surface area contributed by atoms with Gasteiger partial charge in [-0.3, -0.25) is 4.57 Å². The van der Waals surface area contributed by atoms with Crippen LogP contribution >= 0.6 is 11.8 Å². The van der Waals surface area contributed by atoms with E-state index in [1.807, 2.05) is 30.6 Å². The second kappa shape index (κ2) is 10.2. The summed E-state index contributed by atoms with van der Waals surface area (Å²) in [5.74, 6) is 2.23. The second-order valence-electron chi connectivity index (χ2n) is 7.98. The number of methoxy groups -OCH3 is 1. The number of nitrogens with zero attached hydrogens (tertiary/aromatic N) is 4. The normalized spacial score (nSPS) is 16.1. The predicted molar refractivity (Wildman–Crippen MR) is 130 cm³/mol. The van der Waals surface area contributed by atoms with Crippen molar-refractivity contribution < 1.29 is 9.47 Å². The monoisotopic (exact) mass is 461 g/mol. The summed E-state index contributed by atoms with van der Waals surface area (Å²) in [7, 11) is 1.67. The SMILES string of the molecule is COc1cccc(CNc2nc(SCc3ccccc3)c3ncn(C4CCCCO4)c3n2)c1. The van der Waals surface area contributed by atoms with Gasteiger partial charge < -0.3 is 14.8 Å². The van der Waals surface area contributed by atoms with Gasteiger partial charge in [0.1, 0.15) is 22.5 Å². The molecule has 33 heavy (non-hydrogen) atoms. The molecular formula is C25H27N5O2S. The third-order valence-corrected chi connectivity index (χ3v) is 6.69. The van der Waals surface area contributed by atoms with Gasteiger partial charge in [0.2, 0.25) is 5.95 Å². The van der Waals surface area contributed by atoms with Gasteiger partial charge in [0.15, 0.2) is 5.65 Å². The third kappa shape index (κ3) is 5.12. The Balaban J connectivity index is 1.44. The van der Waals surface area contributed by atoms with E-state index in [2.05, 4.69) is 45.2 Å². The summed E-state index contributed by atoms with van der Waals surface area (Å²) in [5, 5.41) is 4.26. The smallest absolute Gasteiger partial charge is 0.226 e. The van der Waals surface area contributed by atoms with Crippen LogP contribution in [0.5, 0.6) is 5.75 Å². The van der Waals surface area contributed by atoms with Crippen molar-refractivity contribution in [2.24, 2.45) is 0 Å². The lowest BCUT2D eigenvalue weighted by Gasteiger charge is -2.23. The molecule has 1 N–H and O–H groups in total. The van der Waals surface area contributed by atoms with Gasteiger partial charge in [-0.2, -0.15) is 4.98 Å². The van der Waals surface area contributed by atoms with Crippen molar-refractivity contribution in [1.29, 1.82) is 0 Å². The van der Waals surface area contributed by atoms with E-state index in [4.69, 9.17) is 19.4 Å². The number of thioether (sulfide) groups is 1. The number of benzene rings is 2. The molecule has 1 fully saturated rings. The van der Waals surface area contributed by atoms with Crippen LogP contribution < -0.4 is 10.1 Å². The summed E-state index contributed by atoms with van der Waals surface area (Å²) in [5.41, 5.74) is 3.97. The molecule has 1 aliphatic heterocycles. The first-order valence-electron chi connectivity index (χ1n) is 11.2. The number of imidazole rings is 1. The number of nitrogens with one attached hydrogen (secondary N) is 1. The van der Waals surface area contributed by atoms with Crippen LogP contribution in [0.25, 0.3) is 11.2 Å². The molecule has 0 radical (unpaired) electrons. The van der Waals surface area contributed by atoms with E-state index in [9.17, 15) is 0 Å². The van der Waals surface area contributed by atoms with E-state index in [0.717, 1.165) is 59.1 Å². The van der Waals surface area contributed by atoms with Crippen LogP contribution in [0.4, 0.5) is 5.95 Å². The van der Waals surface area contributed by atoms with Gasteiger partial charge in [-0.1, -0.05) is 54.2 Å². The maximum Gasteiger partial charge on any atom is 0.226 e. The number of aromatic nitrogens is 4. The fraction of sp³-hybridized carbons (Fsp3) is 0.320. The summed E-state index contributed by atoms with van der Waals surface area (Å²) in [6.45, 7) is 1.37. The van der Waals surface area contributed by atoms with Crippen molar-refractivity contribution in [1.82, 2.24) is 19.5 Å². The molecule has 0 bridgehead atoms. The number of hydrogen-bond acceptors (Lipinski definition) is 7. The van der Waals surface area contributed by atoms with Gasteiger partial charge in [-0.25, -0.2) is 9.97 Å². The molecule has 0 amide bonds. The number of hydrogen-bond donors (Lipinski definition) is 1. The maximum absolute atomic E-state index is 6.02. The Morgan fingerprint density at radius 2 is 1.97 bits per heavy atom. The first-order chi connectivity index (χ1) is 16.3. The van der Waals surface area contributed by atoms with Gasteiger partial charge in [-0.05, 0) is 42.5 Å². The fourth-order valence-electron chi connectivity index (χ4n) is 3.91. The fourth-order valence-corrected chi connectivity index (χ4v) is 4.84. The number of rotatable bonds is 8. The van der Waals surface area contributed by atoms with Crippen LogP contribution in [-0.2, 0) is 17.0 Å². The molecule has 3 heterocycles. The van der Waals surface area contributed by atoms with Crippen LogP contribution in [0.1, 0.15) is 36.6 Å². The number of anilines is 1. The largest absolute Gasteiger partial charge is 0.497 e. The molecular weight excluding hydrogens is 434 g/mol. The van der Waals surface area contributed by atoms with Crippen LogP contribution in [0.2, 0.25) is 0 Å². The average Bonchev–Trinajstić information content (AvgIpc) is 3.31. The highest BCUT2D eigenvalue weighted by Crippen LogP contribution is 2.32. The van der Waals surface area contributed by atoms with Gasteiger partial charge in [0.25, 0.3) is 0 Å². The van der Waals surface area contributed by atoms with E-state index < -0.39 is 0 Å². The minimum absolute atomic E-state index is 0.0307. The Labute approximate surface area is 197 Å². The minimum atomic E-state index is -0.0307. The standard InChI is InChI=1S/C25H27N5O2S/c1-31-20-11-7-10-19(14-20)15-26-25-28-23-22(27-17-30(23)21-12-5-6-13-32-21)24(29-25)33-16-18-8-3-2-4-9-18/h2-4,7-11,14,17,21H,5-6,12-13,15-16H2,1H3,(H,26,28,29). The molecule has 4 aromatic rings. The topological polar surface area (TPSA) is 74.1 Å². The maximum atomic E-state index is 6.02. The molecule has 170 valence electrons. The first-order valence-corrected chi connectivity index (χ1v) is 12.2. The highest BCUT2D eigenvalue weighted by atomic mass is 32.2. The van der Waals surface area contributed by atoms with Crippen molar-refractivity contribution in [2.75, 3.05) is 19.0 Å². The molecule has 0 saturated carbocycles. The van der Waals surface area contributed by atoms with Gasteiger partial charge in [0.05, 0.1) is 13.4 Å². The van der Waals surface area contributed by atoms with Gasteiger partial charge >= 0.3 is 0 Å². The van der Waals surface area contributed by atoms with Crippen LogP contribution in [0, 0.1) is 0 Å². The molecule has 0 spiro atoms. The molecule has 7 nitrogen and oxygen atoms in total. The lowest BCUT2D eigenvalue weighted by Crippen LogP contribution is -2.18. The Morgan fingerprint density at radius 1 is 1.09 bits per heavy atom. The molecule has 2 aromatic heterocycles. The quantitative estimate of drug-likeness (QED) is 0.277. The molecule has 0 aliphatic carbocycles.